The zero-order chi connectivity index (χ0) is 22.8. The molecule has 0 saturated heterocycles. The number of furan rings is 1. The van der Waals surface area contributed by atoms with Crippen molar-refractivity contribution >= 4 is 22.6 Å². The number of aromatic nitrogens is 2. The molecule has 0 saturated carbocycles. The van der Waals surface area contributed by atoms with Gasteiger partial charge >= 0.3 is 0 Å². The number of carbonyl (C=O) groups is 1. The van der Waals surface area contributed by atoms with E-state index in [1.54, 1.807) is 9.36 Å². The molecule has 2 aromatic carbocycles. The Balaban J connectivity index is 1.51. The number of anilines is 1. The lowest BCUT2D eigenvalue weighted by atomic mass is 10.1. The van der Waals surface area contributed by atoms with Gasteiger partial charge in [-0.1, -0.05) is 43.3 Å². The number of aryl methyl sites for hydroxylation is 1. The maximum absolute atomic E-state index is 13.0. The highest BCUT2D eigenvalue weighted by Crippen LogP contribution is 2.27. The van der Waals surface area contributed by atoms with E-state index < -0.39 is 0 Å². The van der Waals surface area contributed by atoms with Crippen molar-refractivity contribution in [3.8, 4) is 5.69 Å². The third kappa shape index (κ3) is 3.99. The SMILES string of the molecule is CCc1oc2ccccc2c1CN(C)CC(=O)Nc1c(C)n(C)n(-c2ccccc2)c1=O. The van der Waals surface area contributed by atoms with E-state index in [4.69, 9.17) is 4.42 Å². The topological polar surface area (TPSA) is 72.4 Å². The van der Waals surface area contributed by atoms with Crippen LogP contribution in [0.1, 0.15) is 23.9 Å². The summed E-state index contributed by atoms with van der Waals surface area (Å²) in [5, 5.41) is 3.90. The van der Waals surface area contributed by atoms with E-state index in [0.29, 0.717) is 17.9 Å². The summed E-state index contributed by atoms with van der Waals surface area (Å²) in [6.07, 6.45) is 0.784. The van der Waals surface area contributed by atoms with E-state index in [-0.39, 0.29) is 18.0 Å². The summed E-state index contributed by atoms with van der Waals surface area (Å²) in [4.78, 5) is 27.7. The molecule has 166 valence electrons. The largest absolute Gasteiger partial charge is 0.461 e. The quantitative estimate of drug-likeness (QED) is 0.481. The molecule has 2 aromatic heterocycles. The van der Waals surface area contributed by atoms with Crippen molar-refractivity contribution in [3.05, 3.63) is 82.0 Å². The first kappa shape index (κ1) is 21.6. The smallest absolute Gasteiger partial charge is 0.295 e. The standard InChI is InChI=1S/C25H28N4O3/c1-5-21-20(19-13-9-10-14-22(19)32-21)15-27(3)16-23(30)26-24-17(2)28(4)29(25(24)31)18-11-7-6-8-12-18/h6-14H,5,15-16H2,1-4H3,(H,26,30). The fraction of sp³-hybridized carbons (Fsp3) is 0.280. The van der Waals surface area contributed by atoms with Crippen LogP contribution in [-0.2, 0) is 24.8 Å². The van der Waals surface area contributed by atoms with Gasteiger partial charge in [0.15, 0.2) is 0 Å². The average molecular weight is 433 g/mol. The second-order valence-corrected chi connectivity index (χ2v) is 8.01. The maximum atomic E-state index is 13.0. The van der Waals surface area contributed by atoms with Crippen LogP contribution in [0, 0.1) is 6.92 Å². The molecular formula is C25H28N4O3. The van der Waals surface area contributed by atoms with E-state index in [1.807, 2.05) is 80.5 Å². The summed E-state index contributed by atoms with van der Waals surface area (Å²) in [6, 6.07) is 17.3. The number of rotatable bonds is 7. The van der Waals surface area contributed by atoms with Crippen molar-refractivity contribution in [2.75, 3.05) is 18.9 Å². The second-order valence-electron chi connectivity index (χ2n) is 8.01. The third-order valence-electron chi connectivity index (χ3n) is 5.76. The molecule has 0 unspecified atom stereocenters. The Hall–Kier alpha value is -3.58. The summed E-state index contributed by atoms with van der Waals surface area (Å²) in [5.74, 6) is 0.701. The van der Waals surface area contributed by atoms with Crippen LogP contribution in [0.2, 0.25) is 0 Å². The highest BCUT2D eigenvalue weighted by Gasteiger charge is 2.20. The molecule has 0 fully saturated rings. The van der Waals surface area contributed by atoms with Crippen LogP contribution in [0.15, 0.2) is 63.8 Å². The number of nitrogens with one attached hydrogen (secondary N) is 1. The van der Waals surface area contributed by atoms with Crippen molar-refractivity contribution in [1.82, 2.24) is 14.3 Å². The van der Waals surface area contributed by atoms with Crippen molar-refractivity contribution in [2.24, 2.45) is 7.05 Å². The predicted octanol–water partition coefficient (Wildman–Crippen LogP) is 3.86. The van der Waals surface area contributed by atoms with Crippen molar-refractivity contribution in [3.63, 3.8) is 0 Å². The van der Waals surface area contributed by atoms with E-state index in [2.05, 4.69) is 12.2 Å². The Kier molecular flexibility index (Phi) is 6.01. The van der Waals surface area contributed by atoms with Gasteiger partial charge in [-0.25, -0.2) is 4.68 Å². The molecular weight excluding hydrogens is 404 g/mol. The lowest BCUT2D eigenvalue weighted by Gasteiger charge is -2.16. The van der Waals surface area contributed by atoms with Crippen molar-refractivity contribution in [1.29, 1.82) is 0 Å². The Morgan fingerprint density at radius 2 is 1.78 bits per heavy atom. The van der Waals surface area contributed by atoms with Gasteiger partial charge in [-0.3, -0.25) is 19.2 Å². The number of amides is 1. The maximum Gasteiger partial charge on any atom is 0.295 e. The second kappa shape index (κ2) is 8.88. The highest BCUT2D eigenvalue weighted by molar-refractivity contribution is 5.92. The molecule has 4 aromatic rings. The first-order chi connectivity index (χ1) is 15.4. The molecule has 0 spiro atoms. The minimum Gasteiger partial charge on any atom is -0.461 e. The van der Waals surface area contributed by atoms with Gasteiger partial charge in [0.25, 0.3) is 5.56 Å². The molecule has 0 atom stereocenters. The highest BCUT2D eigenvalue weighted by atomic mass is 16.3. The van der Waals surface area contributed by atoms with Gasteiger partial charge in [-0.2, -0.15) is 0 Å². The molecule has 32 heavy (non-hydrogen) atoms. The average Bonchev–Trinajstić information content (AvgIpc) is 3.24. The number of para-hydroxylation sites is 2. The number of hydrogen-bond donors (Lipinski definition) is 1. The lowest BCUT2D eigenvalue weighted by Crippen LogP contribution is -2.31. The fourth-order valence-electron chi connectivity index (χ4n) is 4.07. The van der Waals surface area contributed by atoms with Gasteiger partial charge in [0.1, 0.15) is 17.0 Å². The van der Waals surface area contributed by atoms with Crippen LogP contribution in [0.4, 0.5) is 5.69 Å². The fourth-order valence-corrected chi connectivity index (χ4v) is 4.07. The van der Waals surface area contributed by atoms with E-state index in [9.17, 15) is 9.59 Å². The number of fused-ring (bicyclic) bond motifs is 1. The van der Waals surface area contributed by atoms with Crippen molar-refractivity contribution < 1.29 is 9.21 Å². The Morgan fingerprint density at radius 3 is 2.50 bits per heavy atom. The van der Waals surface area contributed by atoms with Gasteiger partial charge < -0.3 is 9.73 Å². The van der Waals surface area contributed by atoms with E-state index >= 15 is 0 Å². The predicted molar refractivity (Wildman–Crippen MR) is 126 cm³/mol. The minimum absolute atomic E-state index is 0.155. The van der Waals surface area contributed by atoms with Gasteiger partial charge in [-0.05, 0) is 32.2 Å². The monoisotopic (exact) mass is 432 g/mol. The van der Waals surface area contributed by atoms with Gasteiger partial charge in [-0.15, -0.1) is 0 Å². The van der Waals surface area contributed by atoms with E-state index in [0.717, 1.165) is 34.4 Å². The minimum atomic E-state index is -0.249. The van der Waals surface area contributed by atoms with Gasteiger partial charge in [0.05, 0.1) is 17.9 Å². The number of nitrogens with zero attached hydrogens (tertiary/aromatic N) is 3. The molecule has 0 bridgehead atoms. The van der Waals surface area contributed by atoms with Gasteiger partial charge in [0.2, 0.25) is 5.91 Å². The third-order valence-corrected chi connectivity index (χ3v) is 5.76. The van der Waals surface area contributed by atoms with Crippen LogP contribution in [-0.4, -0.2) is 33.8 Å². The molecule has 1 N–H and O–H groups in total. The number of carbonyl (C=O) groups excluding carboxylic acids is 1. The summed E-state index contributed by atoms with van der Waals surface area (Å²) in [6.45, 7) is 4.62. The van der Waals surface area contributed by atoms with Crippen LogP contribution in [0.25, 0.3) is 16.7 Å². The molecule has 7 heteroatoms. The summed E-state index contributed by atoms with van der Waals surface area (Å²) in [7, 11) is 3.70. The normalized spacial score (nSPS) is 11.4. The summed E-state index contributed by atoms with van der Waals surface area (Å²) in [5.41, 5.74) is 3.46. The zero-order valence-electron chi connectivity index (χ0n) is 18.9. The number of likely N-dealkylation sites (N-methyl/N-ethyl adjacent to an activating group) is 1. The first-order valence-corrected chi connectivity index (χ1v) is 10.7. The van der Waals surface area contributed by atoms with Crippen LogP contribution in [0.3, 0.4) is 0 Å². The Labute approximate surface area is 186 Å². The molecule has 0 radical (unpaired) electrons. The molecule has 7 nitrogen and oxygen atoms in total. The summed E-state index contributed by atoms with van der Waals surface area (Å²) >= 11 is 0. The molecule has 0 aliphatic heterocycles. The molecule has 0 aliphatic rings. The molecule has 0 aliphatic carbocycles. The first-order valence-electron chi connectivity index (χ1n) is 10.7. The van der Waals surface area contributed by atoms with Crippen LogP contribution >= 0.6 is 0 Å². The molecule has 4 rings (SSSR count). The van der Waals surface area contributed by atoms with Crippen LogP contribution in [0.5, 0.6) is 0 Å². The van der Waals surface area contributed by atoms with E-state index in [1.165, 1.54) is 0 Å². The zero-order valence-corrected chi connectivity index (χ0v) is 18.9. The number of benzene rings is 2. The Morgan fingerprint density at radius 1 is 1.09 bits per heavy atom. The molecule has 1 amide bonds. The summed E-state index contributed by atoms with van der Waals surface area (Å²) < 4.78 is 9.27. The van der Waals surface area contributed by atoms with Crippen molar-refractivity contribution in [2.45, 2.75) is 26.8 Å². The van der Waals surface area contributed by atoms with Crippen LogP contribution < -0.4 is 10.9 Å². The number of hydrogen-bond acceptors (Lipinski definition) is 4. The molecule has 2 heterocycles. The van der Waals surface area contributed by atoms with Gasteiger partial charge in [0, 0.05) is 31.0 Å². The Bertz CT molecular complexity index is 1310. The lowest BCUT2D eigenvalue weighted by molar-refractivity contribution is -0.117.